The molecule has 1 fully saturated rings. The van der Waals surface area contributed by atoms with E-state index in [4.69, 9.17) is 0 Å². The standard InChI is InChI=1S/C18H39N3/c1-6-9-11-16(7-2)14-17(19-8-3)18-15-20(4)12-10-13-21(18)5/h16-19H,6-15H2,1-5H3. The van der Waals surface area contributed by atoms with Gasteiger partial charge in [0.2, 0.25) is 0 Å². The third kappa shape index (κ3) is 6.66. The third-order valence-electron chi connectivity index (χ3n) is 5.18. The van der Waals surface area contributed by atoms with Gasteiger partial charge in [-0.25, -0.2) is 0 Å². The van der Waals surface area contributed by atoms with Crippen LogP contribution in [0.4, 0.5) is 0 Å². The van der Waals surface area contributed by atoms with Crippen LogP contribution >= 0.6 is 0 Å². The first-order valence-corrected chi connectivity index (χ1v) is 9.24. The number of likely N-dealkylation sites (N-methyl/N-ethyl adjacent to an activating group) is 3. The van der Waals surface area contributed by atoms with Gasteiger partial charge in [-0.05, 0) is 52.5 Å². The molecule has 0 saturated carbocycles. The molecule has 0 amide bonds. The van der Waals surface area contributed by atoms with Crippen molar-refractivity contribution < 1.29 is 0 Å². The molecule has 3 nitrogen and oxygen atoms in total. The van der Waals surface area contributed by atoms with Gasteiger partial charge < -0.3 is 15.1 Å². The van der Waals surface area contributed by atoms with Crippen molar-refractivity contribution >= 4 is 0 Å². The number of unbranched alkanes of at least 4 members (excludes halogenated alkanes) is 1. The highest BCUT2D eigenvalue weighted by Crippen LogP contribution is 2.22. The first-order valence-electron chi connectivity index (χ1n) is 9.24. The van der Waals surface area contributed by atoms with Crippen LogP contribution in [0, 0.1) is 5.92 Å². The van der Waals surface area contributed by atoms with Gasteiger partial charge in [-0.1, -0.05) is 46.5 Å². The molecular weight excluding hydrogens is 258 g/mol. The average Bonchev–Trinajstić information content (AvgIpc) is 2.63. The highest BCUT2D eigenvalue weighted by Gasteiger charge is 2.29. The Morgan fingerprint density at radius 3 is 2.52 bits per heavy atom. The molecule has 126 valence electrons. The van der Waals surface area contributed by atoms with Crippen LogP contribution in [0.25, 0.3) is 0 Å². The molecule has 0 aromatic rings. The molecule has 0 spiro atoms. The second-order valence-electron chi connectivity index (χ2n) is 6.98. The number of hydrogen-bond acceptors (Lipinski definition) is 3. The fraction of sp³-hybridized carbons (Fsp3) is 1.00. The summed E-state index contributed by atoms with van der Waals surface area (Å²) in [5.41, 5.74) is 0. The molecule has 3 heteroatoms. The highest BCUT2D eigenvalue weighted by atomic mass is 15.2. The summed E-state index contributed by atoms with van der Waals surface area (Å²) in [6, 6.07) is 1.30. The van der Waals surface area contributed by atoms with Crippen molar-refractivity contribution in [2.75, 3.05) is 40.3 Å². The Bertz CT molecular complexity index is 257. The minimum absolute atomic E-state index is 0.641. The summed E-state index contributed by atoms with van der Waals surface area (Å²) in [6.07, 6.45) is 8.09. The summed E-state index contributed by atoms with van der Waals surface area (Å²) < 4.78 is 0. The van der Waals surface area contributed by atoms with Gasteiger partial charge >= 0.3 is 0 Å². The zero-order chi connectivity index (χ0) is 15.7. The highest BCUT2D eigenvalue weighted by molar-refractivity contribution is 4.88. The lowest BCUT2D eigenvalue weighted by Gasteiger charge is -2.36. The van der Waals surface area contributed by atoms with Crippen molar-refractivity contribution in [2.24, 2.45) is 5.92 Å². The Morgan fingerprint density at radius 2 is 1.90 bits per heavy atom. The largest absolute Gasteiger partial charge is 0.313 e. The van der Waals surface area contributed by atoms with Gasteiger partial charge in [-0.3, -0.25) is 0 Å². The van der Waals surface area contributed by atoms with Crippen LogP contribution in [0.5, 0.6) is 0 Å². The van der Waals surface area contributed by atoms with Gasteiger partial charge in [0.05, 0.1) is 0 Å². The van der Waals surface area contributed by atoms with E-state index in [0.717, 1.165) is 12.5 Å². The Hall–Kier alpha value is -0.120. The lowest BCUT2D eigenvalue weighted by Crippen LogP contribution is -2.52. The monoisotopic (exact) mass is 297 g/mol. The molecule has 0 aromatic carbocycles. The van der Waals surface area contributed by atoms with Gasteiger partial charge in [-0.2, -0.15) is 0 Å². The molecule has 21 heavy (non-hydrogen) atoms. The number of hydrogen-bond donors (Lipinski definition) is 1. The summed E-state index contributed by atoms with van der Waals surface area (Å²) in [6.45, 7) is 11.7. The lowest BCUT2D eigenvalue weighted by molar-refractivity contribution is 0.159. The van der Waals surface area contributed by atoms with E-state index in [1.165, 1.54) is 58.2 Å². The van der Waals surface area contributed by atoms with Crippen molar-refractivity contribution in [3.8, 4) is 0 Å². The van der Waals surface area contributed by atoms with Crippen molar-refractivity contribution in [2.45, 2.75) is 71.4 Å². The van der Waals surface area contributed by atoms with E-state index in [1.807, 2.05) is 0 Å². The van der Waals surface area contributed by atoms with Crippen molar-refractivity contribution in [3.05, 3.63) is 0 Å². The SMILES string of the molecule is CCCCC(CC)CC(NCC)C1CN(C)CCCN1C. The van der Waals surface area contributed by atoms with Crippen LogP contribution in [0.1, 0.15) is 59.3 Å². The molecule has 1 aliphatic heterocycles. The van der Waals surface area contributed by atoms with Crippen LogP contribution in [0.2, 0.25) is 0 Å². The van der Waals surface area contributed by atoms with Crippen LogP contribution in [-0.2, 0) is 0 Å². The van der Waals surface area contributed by atoms with Crippen molar-refractivity contribution in [1.29, 1.82) is 0 Å². The number of nitrogens with zero attached hydrogens (tertiary/aromatic N) is 2. The quantitative estimate of drug-likeness (QED) is 0.705. The predicted molar refractivity (Wildman–Crippen MR) is 93.9 cm³/mol. The normalized spacial score (nSPS) is 24.7. The molecular formula is C18H39N3. The molecule has 1 N–H and O–H groups in total. The Balaban J connectivity index is 2.67. The number of rotatable bonds is 9. The minimum atomic E-state index is 0.641. The van der Waals surface area contributed by atoms with Gasteiger partial charge in [0.15, 0.2) is 0 Å². The zero-order valence-electron chi connectivity index (χ0n) is 15.2. The summed E-state index contributed by atoms with van der Waals surface area (Å²) in [4.78, 5) is 5.12. The smallest absolute Gasteiger partial charge is 0.0373 e. The zero-order valence-corrected chi connectivity index (χ0v) is 15.2. The summed E-state index contributed by atoms with van der Waals surface area (Å²) in [5.74, 6) is 0.885. The minimum Gasteiger partial charge on any atom is -0.313 e. The maximum atomic E-state index is 3.80. The summed E-state index contributed by atoms with van der Waals surface area (Å²) in [5, 5.41) is 3.80. The van der Waals surface area contributed by atoms with Crippen LogP contribution < -0.4 is 5.32 Å². The molecule has 0 radical (unpaired) electrons. The summed E-state index contributed by atoms with van der Waals surface area (Å²) in [7, 11) is 4.60. The van der Waals surface area contributed by atoms with Gasteiger partial charge in [0.25, 0.3) is 0 Å². The fourth-order valence-corrected chi connectivity index (χ4v) is 3.72. The van der Waals surface area contributed by atoms with Crippen LogP contribution in [0.3, 0.4) is 0 Å². The van der Waals surface area contributed by atoms with E-state index in [-0.39, 0.29) is 0 Å². The lowest BCUT2D eigenvalue weighted by atomic mass is 9.88. The Labute approximate surface area is 133 Å². The Morgan fingerprint density at radius 1 is 1.14 bits per heavy atom. The van der Waals surface area contributed by atoms with E-state index in [0.29, 0.717) is 12.1 Å². The molecule has 1 aliphatic rings. The topological polar surface area (TPSA) is 18.5 Å². The van der Waals surface area contributed by atoms with Gasteiger partial charge in [-0.15, -0.1) is 0 Å². The average molecular weight is 298 g/mol. The van der Waals surface area contributed by atoms with Crippen LogP contribution in [-0.4, -0.2) is 62.2 Å². The predicted octanol–water partition coefficient (Wildman–Crippen LogP) is 3.21. The number of nitrogens with one attached hydrogen (secondary N) is 1. The molecule has 1 rings (SSSR count). The first-order chi connectivity index (χ1) is 10.1. The maximum Gasteiger partial charge on any atom is 0.0373 e. The van der Waals surface area contributed by atoms with Crippen molar-refractivity contribution in [1.82, 2.24) is 15.1 Å². The molecule has 3 atom stereocenters. The van der Waals surface area contributed by atoms with Gasteiger partial charge in [0, 0.05) is 18.6 Å². The molecule has 1 saturated heterocycles. The van der Waals surface area contributed by atoms with Crippen LogP contribution in [0.15, 0.2) is 0 Å². The second kappa shape index (κ2) is 10.6. The molecule has 1 heterocycles. The van der Waals surface area contributed by atoms with Gasteiger partial charge in [0.1, 0.15) is 0 Å². The maximum absolute atomic E-state index is 3.80. The fourth-order valence-electron chi connectivity index (χ4n) is 3.72. The van der Waals surface area contributed by atoms with E-state index >= 15 is 0 Å². The van der Waals surface area contributed by atoms with E-state index in [2.05, 4.69) is 50.0 Å². The molecule has 3 unspecified atom stereocenters. The second-order valence-corrected chi connectivity index (χ2v) is 6.98. The third-order valence-corrected chi connectivity index (χ3v) is 5.18. The first kappa shape index (κ1) is 18.9. The van der Waals surface area contributed by atoms with Crippen molar-refractivity contribution in [3.63, 3.8) is 0 Å². The van der Waals surface area contributed by atoms with E-state index < -0.39 is 0 Å². The van der Waals surface area contributed by atoms with E-state index in [9.17, 15) is 0 Å². The Kier molecular flexibility index (Phi) is 9.54. The molecule has 0 aromatic heterocycles. The van der Waals surface area contributed by atoms with E-state index in [1.54, 1.807) is 0 Å². The molecule has 0 bridgehead atoms. The summed E-state index contributed by atoms with van der Waals surface area (Å²) >= 11 is 0. The molecule has 0 aliphatic carbocycles.